The first kappa shape index (κ1) is 19.6. The molecule has 0 aromatic heterocycles. The normalized spacial score (nSPS) is 27.8. The van der Waals surface area contributed by atoms with Crippen LogP contribution in [0.4, 0.5) is 0 Å². The summed E-state index contributed by atoms with van der Waals surface area (Å²) in [5.41, 5.74) is 0. The lowest BCUT2D eigenvalue weighted by Gasteiger charge is -2.30. The van der Waals surface area contributed by atoms with Crippen molar-refractivity contribution < 1.29 is 9.59 Å². The van der Waals surface area contributed by atoms with Gasteiger partial charge in [0.25, 0.3) is 0 Å². The molecule has 1 aliphatic heterocycles. The van der Waals surface area contributed by atoms with E-state index in [0.29, 0.717) is 13.1 Å². The summed E-state index contributed by atoms with van der Waals surface area (Å²) in [4.78, 5) is 25.6. The number of carbonyl (C=O) groups is 2. The number of thioether (sulfide) groups is 1. The van der Waals surface area contributed by atoms with Gasteiger partial charge in [-0.3, -0.25) is 9.59 Å². The summed E-state index contributed by atoms with van der Waals surface area (Å²) in [5, 5.41) is 6.49. The van der Waals surface area contributed by atoms with Gasteiger partial charge in [-0.25, -0.2) is 0 Å². The molecule has 0 aromatic rings. The van der Waals surface area contributed by atoms with Crippen LogP contribution in [0.15, 0.2) is 0 Å². The number of carbonyl (C=O) groups excluding carboxylic acids is 2. The molecule has 0 radical (unpaired) electrons. The number of nitrogens with zero attached hydrogens (tertiary/aromatic N) is 1. The molecule has 5 nitrogen and oxygen atoms in total. The Kier molecular flexibility index (Phi) is 8.39. The Morgan fingerprint density at radius 3 is 2.46 bits per heavy atom. The fraction of sp³-hybridized carbons (Fsp3) is 0.889. The Balaban J connectivity index is 1.59. The van der Waals surface area contributed by atoms with E-state index < -0.39 is 0 Å². The molecule has 0 spiro atoms. The van der Waals surface area contributed by atoms with Crippen molar-refractivity contribution in [3.8, 4) is 0 Å². The van der Waals surface area contributed by atoms with Gasteiger partial charge in [-0.15, -0.1) is 0 Å². The van der Waals surface area contributed by atoms with E-state index in [0.717, 1.165) is 24.0 Å². The molecule has 1 heterocycles. The second kappa shape index (κ2) is 10.3. The van der Waals surface area contributed by atoms with Gasteiger partial charge >= 0.3 is 0 Å². The molecule has 2 amide bonds. The summed E-state index contributed by atoms with van der Waals surface area (Å²) in [5.74, 6) is 2.27. The maximum atomic E-state index is 12.2. The van der Waals surface area contributed by atoms with Crippen LogP contribution < -0.4 is 10.6 Å². The van der Waals surface area contributed by atoms with Crippen LogP contribution in [0.25, 0.3) is 0 Å². The monoisotopic (exact) mass is 355 g/mol. The second-order valence-corrected chi connectivity index (χ2v) is 8.69. The first-order valence-electron chi connectivity index (χ1n) is 9.44. The topological polar surface area (TPSA) is 61.4 Å². The maximum Gasteiger partial charge on any atom is 0.223 e. The van der Waals surface area contributed by atoms with Crippen LogP contribution in [0, 0.1) is 11.8 Å². The summed E-state index contributed by atoms with van der Waals surface area (Å²) in [6.07, 6.45) is 5.71. The molecule has 6 heteroatoms. The van der Waals surface area contributed by atoms with Crippen LogP contribution in [0.1, 0.15) is 46.0 Å². The molecule has 24 heavy (non-hydrogen) atoms. The minimum Gasteiger partial charge on any atom is -0.355 e. The van der Waals surface area contributed by atoms with Gasteiger partial charge in [0, 0.05) is 44.3 Å². The van der Waals surface area contributed by atoms with E-state index in [-0.39, 0.29) is 17.7 Å². The Morgan fingerprint density at radius 2 is 1.79 bits per heavy atom. The molecule has 1 atom stereocenters. The standard InChI is InChI=1S/C18H33N3O2S/c1-3-24-17-8-11-21(13-17)12-15-4-6-16(7-5-15)18(23)20-10-9-19-14(2)22/h15-17H,3-13H2,1-2H3,(H,19,22)(H,20,23). The quantitative estimate of drug-likeness (QED) is 0.653. The molecule has 1 saturated carbocycles. The van der Waals surface area contributed by atoms with Gasteiger partial charge in [-0.05, 0) is 50.3 Å². The van der Waals surface area contributed by atoms with Gasteiger partial charge in [0.1, 0.15) is 0 Å². The van der Waals surface area contributed by atoms with Crippen LogP contribution in [-0.4, -0.2) is 60.4 Å². The highest BCUT2D eigenvalue weighted by atomic mass is 32.2. The summed E-state index contributed by atoms with van der Waals surface area (Å²) in [6.45, 7) is 8.51. The van der Waals surface area contributed by atoms with E-state index in [1.54, 1.807) is 0 Å². The Bertz CT molecular complexity index is 411. The van der Waals surface area contributed by atoms with Gasteiger partial charge in [-0.2, -0.15) is 11.8 Å². The highest BCUT2D eigenvalue weighted by Crippen LogP contribution is 2.31. The minimum atomic E-state index is -0.0498. The van der Waals surface area contributed by atoms with Gasteiger partial charge in [0.2, 0.25) is 11.8 Å². The zero-order valence-electron chi connectivity index (χ0n) is 15.2. The number of amides is 2. The number of hydrogen-bond acceptors (Lipinski definition) is 4. The lowest BCUT2D eigenvalue weighted by Crippen LogP contribution is -2.39. The molecule has 1 saturated heterocycles. The Labute approximate surface area is 150 Å². The predicted octanol–water partition coefficient (Wildman–Crippen LogP) is 1.87. The minimum absolute atomic E-state index is 0.0498. The summed E-state index contributed by atoms with van der Waals surface area (Å²) < 4.78 is 0. The molecule has 2 rings (SSSR count). The highest BCUT2D eigenvalue weighted by Gasteiger charge is 2.29. The molecule has 2 fully saturated rings. The maximum absolute atomic E-state index is 12.2. The molecule has 1 unspecified atom stereocenters. The zero-order valence-corrected chi connectivity index (χ0v) is 16.0. The fourth-order valence-corrected chi connectivity index (χ4v) is 4.94. The van der Waals surface area contributed by atoms with Crippen molar-refractivity contribution in [3.05, 3.63) is 0 Å². The first-order chi connectivity index (χ1) is 11.6. The van der Waals surface area contributed by atoms with Crippen LogP contribution in [-0.2, 0) is 9.59 Å². The molecular formula is C18H33N3O2S. The third-order valence-corrected chi connectivity index (χ3v) is 6.35. The van der Waals surface area contributed by atoms with Crippen molar-refractivity contribution in [1.82, 2.24) is 15.5 Å². The average Bonchev–Trinajstić information content (AvgIpc) is 2.99. The second-order valence-electron chi connectivity index (χ2n) is 7.12. The number of likely N-dealkylation sites (tertiary alicyclic amines) is 1. The van der Waals surface area contributed by atoms with E-state index in [2.05, 4.69) is 34.2 Å². The van der Waals surface area contributed by atoms with Gasteiger partial charge in [-0.1, -0.05) is 6.92 Å². The zero-order chi connectivity index (χ0) is 17.4. The van der Waals surface area contributed by atoms with Crippen LogP contribution in [0.5, 0.6) is 0 Å². The van der Waals surface area contributed by atoms with E-state index >= 15 is 0 Å². The lowest BCUT2D eigenvalue weighted by molar-refractivity contribution is -0.126. The molecular weight excluding hydrogens is 322 g/mol. The van der Waals surface area contributed by atoms with Crippen LogP contribution in [0.2, 0.25) is 0 Å². The smallest absolute Gasteiger partial charge is 0.223 e. The van der Waals surface area contributed by atoms with Crippen molar-refractivity contribution in [2.24, 2.45) is 11.8 Å². The Morgan fingerprint density at radius 1 is 1.08 bits per heavy atom. The van der Waals surface area contributed by atoms with Gasteiger partial charge < -0.3 is 15.5 Å². The van der Waals surface area contributed by atoms with Gasteiger partial charge in [0.15, 0.2) is 0 Å². The molecule has 1 aliphatic carbocycles. The molecule has 0 aromatic carbocycles. The van der Waals surface area contributed by atoms with E-state index in [1.807, 2.05) is 0 Å². The van der Waals surface area contributed by atoms with Crippen LogP contribution in [0.3, 0.4) is 0 Å². The first-order valence-corrected chi connectivity index (χ1v) is 10.5. The number of hydrogen-bond donors (Lipinski definition) is 2. The SMILES string of the molecule is CCSC1CCN(CC2CCC(C(=O)NCCNC(C)=O)CC2)C1. The van der Waals surface area contributed by atoms with Crippen molar-refractivity contribution in [2.45, 2.75) is 51.2 Å². The van der Waals surface area contributed by atoms with Crippen molar-refractivity contribution >= 4 is 23.6 Å². The largest absolute Gasteiger partial charge is 0.355 e. The van der Waals surface area contributed by atoms with Crippen molar-refractivity contribution in [1.29, 1.82) is 0 Å². The third-order valence-electron chi connectivity index (χ3n) is 5.16. The lowest BCUT2D eigenvalue weighted by atomic mass is 9.81. The fourth-order valence-electron chi connectivity index (χ4n) is 3.88. The van der Waals surface area contributed by atoms with Crippen molar-refractivity contribution in [2.75, 3.05) is 38.5 Å². The summed E-state index contributed by atoms with van der Waals surface area (Å²) in [6, 6.07) is 0. The van der Waals surface area contributed by atoms with E-state index in [4.69, 9.17) is 0 Å². The highest BCUT2D eigenvalue weighted by molar-refractivity contribution is 7.99. The number of nitrogens with one attached hydrogen (secondary N) is 2. The molecule has 2 aliphatic rings. The average molecular weight is 356 g/mol. The Hall–Kier alpha value is -0.750. The molecule has 138 valence electrons. The third kappa shape index (κ3) is 6.63. The van der Waals surface area contributed by atoms with Crippen molar-refractivity contribution in [3.63, 3.8) is 0 Å². The van der Waals surface area contributed by atoms with E-state index in [9.17, 15) is 9.59 Å². The summed E-state index contributed by atoms with van der Waals surface area (Å²) >= 11 is 2.10. The number of rotatable bonds is 8. The predicted molar refractivity (Wildman–Crippen MR) is 100 cm³/mol. The summed E-state index contributed by atoms with van der Waals surface area (Å²) in [7, 11) is 0. The van der Waals surface area contributed by atoms with Crippen LogP contribution >= 0.6 is 11.8 Å². The molecule has 2 N–H and O–H groups in total. The molecule has 0 bridgehead atoms. The van der Waals surface area contributed by atoms with E-state index in [1.165, 1.54) is 51.6 Å². The van der Waals surface area contributed by atoms with Gasteiger partial charge in [0.05, 0.1) is 0 Å².